The quantitative estimate of drug-likeness (QED) is 0.263. The van der Waals surface area contributed by atoms with Crippen LogP contribution in [0.1, 0.15) is 30.9 Å². The molecule has 2 aromatic heterocycles. The number of primary sulfonamides is 1. The molecule has 4 heterocycles. The number of benzene rings is 1. The summed E-state index contributed by atoms with van der Waals surface area (Å²) in [5, 5.41) is 22.5. The Morgan fingerprint density at radius 3 is 2.51 bits per heavy atom. The summed E-state index contributed by atoms with van der Waals surface area (Å²) < 4.78 is 54.9. The number of sulfonamides is 2. The molecule has 3 aromatic rings. The molecule has 2 fully saturated rings. The first-order chi connectivity index (χ1) is 16.7. The minimum Gasteiger partial charge on any atom is -0.371 e. The Kier molecular flexibility index (Phi) is 6.30. The molecule has 0 amide bonds. The van der Waals surface area contributed by atoms with Gasteiger partial charge in [-0.05, 0) is 43.2 Å². The van der Waals surface area contributed by atoms with E-state index in [1.807, 2.05) is 4.90 Å². The molecule has 35 heavy (non-hydrogen) atoms. The molecule has 0 bridgehead atoms. The normalized spacial score (nSPS) is 19.9. The van der Waals surface area contributed by atoms with Gasteiger partial charge in [0, 0.05) is 49.2 Å². The van der Waals surface area contributed by atoms with Crippen LogP contribution in [0.25, 0.3) is 11.4 Å². The Morgan fingerprint density at radius 2 is 1.91 bits per heavy atom. The highest BCUT2D eigenvalue weighted by Gasteiger charge is 2.35. The van der Waals surface area contributed by atoms with Gasteiger partial charge in [-0.3, -0.25) is 0 Å². The van der Waals surface area contributed by atoms with Crippen LogP contribution in [0.15, 0.2) is 34.4 Å². The molecule has 5 rings (SSSR count). The van der Waals surface area contributed by atoms with E-state index in [0.29, 0.717) is 38.3 Å². The average molecular weight is 523 g/mol. The number of aromatic amines is 2. The molecule has 2 aliphatic heterocycles. The Bertz CT molecular complexity index is 1380. The summed E-state index contributed by atoms with van der Waals surface area (Å²) in [6.07, 6.45) is 5.61. The lowest BCUT2D eigenvalue weighted by Crippen LogP contribution is -2.37. The van der Waals surface area contributed by atoms with Crippen molar-refractivity contribution in [1.82, 2.24) is 40.6 Å². The summed E-state index contributed by atoms with van der Waals surface area (Å²) in [5.74, 6) is 0.225. The van der Waals surface area contributed by atoms with Crippen LogP contribution in [0.4, 0.5) is 5.69 Å². The second kappa shape index (κ2) is 9.27. The van der Waals surface area contributed by atoms with Crippen LogP contribution >= 0.6 is 0 Å². The van der Waals surface area contributed by atoms with Crippen LogP contribution < -0.4 is 20.1 Å². The van der Waals surface area contributed by atoms with Crippen LogP contribution in [-0.2, 0) is 20.0 Å². The Labute approximate surface area is 202 Å². The maximum absolute atomic E-state index is 13.3. The van der Waals surface area contributed by atoms with Gasteiger partial charge in [0.15, 0.2) is 0 Å². The molecule has 0 saturated carbocycles. The second-order valence-corrected chi connectivity index (χ2v) is 11.8. The van der Waals surface area contributed by atoms with Crippen molar-refractivity contribution in [2.24, 2.45) is 5.14 Å². The lowest BCUT2D eigenvalue weighted by atomic mass is 9.93. The van der Waals surface area contributed by atoms with Crippen LogP contribution in [0, 0.1) is 0 Å². The number of nitrogens with one attached hydrogen (secondary N) is 4. The molecule has 2 aliphatic rings. The predicted octanol–water partition coefficient (Wildman–Crippen LogP) is -0.739. The molecule has 6 N–H and O–H groups in total. The van der Waals surface area contributed by atoms with Crippen molar-refractivity contribution >= 4 is 25.7 Å². The lowest BCUT2D eigenvalue weighted by Gasteiger charge is -2.34. The van der Waals surface area contributed by atoms with Gasteiger partial charge >= 0.3 is 0 Å². The van der Waals surface area contributed by atoms with Crippen LogP contribution in [0.2, 0.25) is 0 Å². The van der Waals surface area contributed by atoms with E-state index in [4.69, 9.17) is 5.14 Å². The standard InChI is InChI=1S/C19H26N10O4S2/c20-34(30,31)18-16(35(32,33)26-13-3-6-21-9-13)2-1-15(17(18)19-24-27-28-25-19)29-7-4-12(5-8-29)14-10-22-11-23-14/h1-2,10-13,21,26H,3-9H2,(H,22,23)(H2,20,30,31)(H,24,25,27,28). The minimum absolute atomic E-state index is 0.00802. The number of anilines is 1. The molecule has 16 heteroatoms. The first kappa shape index (κ1) is 23.8. The van der Waals surface area contributed by atoms with Gasteiger partial charge < -0.3 is 15.2 Å². The van der Waals surface area contributed by atoms with E-state index in [1.54, 1.807) is 18.6 Å². The number of hydrogen-bond donors (Lipinski definition) is 5. The number of imidazole rings is 1. The fourth-order valence-electron chi connectivity index (χ4n) is 4.75. The van der Waals surface area contributed by atoms with Gasteiger partial charge in [0.1, 0.15) is 9.79 Å². The number of nitrogens with zero attached hydrogens (tertiary/aromatic N) is 5. The van der Waals surface area contributed by atoms with Gasteiger partial charge in [-0.15, -0.1) is 10.2 Å². The van der Waals surface area contributed by atoms with Crippen LogP contribution in [-0.4, -0.2) is 79.6 Å². The zero-order valence-corrected chi connectivity index (χ0v) is 20.3. The molecule has 0 aliphatic carbocycles. The fourth-order valence-corrected chi connectivity index (χ4v) is 7.62. The Balaban J connectivity index is 1.58. The molecule has 0 spiro atoms. The van der Waals surface area contributed by atoms with Gasteiger partial charge in [0.25, 0.3) is 0 Å². The van der Waals surface area contributed by atoms with E-state index >= 15 is 0 Å². The highest BCUT2D eigenvalue weighted by atomic mass is 32.2. The molecule has 188 valence electrons. The monoisotopic (exact) mass is 522 g/mol. The van der Waals surface area contributed by atoms with Gasteiger partial charge in [-0.25, -0.2) is 31.7 Å². The van der Waals surface area contributed by atoms with Crippen LogP contribution in [0.3, 0.4) is 0 Å². The minimum atomic E-state index is -4.51. The van der Waals surface area contributed by atoms with Crippen molar-refractivity contribution in [2.75, 3.05) is 31.1 Å². The summed E-state index contributed by atoms with van der Waals surface area (Å²) in [5.41, 5.74) is 1.52. The van der Waals surface area contributed by atoms with E-state index in [9.17, 15) is 16.8 Å². The summed E-state index contributed by atoms with van der Waals surface area (Å²) in [6.45, 7) is 2.30. The zero-order valence-electron chi connectivity index (χ0n) is 18.7. The van der Waals surface area contributed by atoms with Crippen molar-refractivity contribution in [2.45, 2.75) is 41.0 Å². The first-order valence-corrected chi connectivity index (χ1v) is 14.2. The molecule has 2 saturated heterocycles. The zero-order chi connectivity index (χ0) is 24.6. The van der Waals surface area contributed by atoms with Gasteiger partial charge in [-0.2, -0.15) is 5.21 Å². The Morgan fingerprint density at radius 1 is 1.11 bits per heavy atom. The number of H-pyrrole nitrogens is 2. The van der Waals surface area contributed by atoms with Crippen LogP contribution in [0.5, 0.6) is 0 Å². The molecule has 1 atom stereocenters. The number of aromatic nitrogens is 6. The second-order valence-electron chi connectivity index (χ2n) is 8.65. The summed E-state index contributed by atoms with van der Waals surface area (Å²) in [6, 6.07) is 2.51. The number of nitrogens with two attached hydrogens (primary N) is 1. The first-order valence-electron chi connectivity index (χ1n) is 11.1. The van der Waals surface area contributed by atoms with Crippen molar-refractivity contribution < 1.29 is 16.8 Å². The van der Waals surface area contributed by atoms with Crippen molar-refractivity contribution in [3.8, 4) is 11.4 Å². The predicted molar refractivity (Wildman–Crippen MR) is 125 cm³/mol. The highest BCUT2D eigenvalue weighted by Crippen LogP contribution is 2.40. The molecule has 1 aromatic carbocycles. The number of hydrogen-bond acceptors (Lipinski definition) is 10. The molecular formula is C19H26N10O4S2. The smallest absolute Gasteiger partial charge is 0.242 e. The average Bonchev–Trinajstić information content (AvgIpc) is 3.61. The van der Waals surface area contributed by atoms with E-state index in [-0.39, 0.29) is 23.3 Å². The number of rotatable bonds is 7. The maximum atomic E-state index is 13.3. The topological polar surface area (TPSA) is 205 Å². The van der Waals surface area contributed by atoms with Gasteiger partial charge in [0.05, 0.1) is 11.9 Å². The summed E-state index contributed by atoms with van der Waals surface area (Å²) >= 11 is 0. The fraction of sp³-hybridized carbons (Fsp3) is 0.474. The molecule has 1 unspecified atom stereocenters. The van der Waals surface area contributed by atoms with E-state index in [0.717, 1.165) is 18.5 Å². The van der Waals surface area contributed by atoms with E-state index < -0.39 is 29.8 Å². The van der Waals surface area contributed by atoms with Gasteiger partial charge in [0.2, 0.25) is 25.9 Å². The van der Waals surface area contributed by atoms with E-state index in [1.165, 1.54) is 6.07 Å². The molecular weight excluding hydrogens is 496 g/mol. The highest BCUT2D eigenvalue weighted by molar-refractivity contribution is 7.92. The Hall–Kier alpha value is -2.92. The summed E-state index contributed by atoms with van der Waals surface area (Å²) in [4.78, 5) is 8.22. The third kappa shape index (κ3) is 4.79. The van der Waals surface area contributed by atoms with Crippen molar-refractivity contribution in [3.63, 3.8) is 0 Å². The van der Waals surface area contributed by atoms with Crippen molar-refractivity contribution in [1.29, 1.82) is 0 Å². The van der Waals surface area contributed by atoms with Gasteiger partial charge in [-0.1, -0.05) is 0 Å². The number of piperidine rings is 1. The largest absolute Gasteiger partial charge is 0.371 e. The number of tetrazole rings is 1. The third-order valence-corrected chi connectivity index (χ3v) is 9.10. The maximum Gasteiger partial charge on any atom is 0.242 e. The summed E-state index contributed by atoms with van der Waals surface area (Å²) in [7, 11) is -8.73. The third-order valence-electron chi connectivity index (χ3n) is 6.42. The molecule has 14 nitrogen and oxygen atoms in total. The molecule has 0 radical (unpaired) electrons. The van der Waals surface area contributed by atoms with E-state index in [2.05, 4.69) is 40.6 Å². The SMILES string of the molecule is NS(=O)(=O)c1c(S(=O)(=O)NC2CCNC2)ccc(N2CCC(c3cnc[nH]3)CC2)c1-c1nn[nH]n1. The van der Waals surface area contributed by atoms with Crippen molar-refractivity contribution in [3.05, 3.63) is 30.4 Å². The lowest BCUT2D eigenvalue weighted by molar-refractivity contribution is 0.497.